The second-order valence-electron chi connectivity index (χ2n) is 5.95. The molecule has 0 saturated carbocycles. The maximum absolute atomic E-state index is 12.1. The average molecular weight is 415 g/mol. The number of benzene rings is 2. The van der Waals surface area contributed by atoms with E-state index in [4.69, 9.17) is 18.9 Å². The standard InChI is InChI=1S/C22H25NO7/c1-4-28-18-10-8-16(13-20(18)29-5-2)23-21(25)14-30-22(26)11-7-15-6-9-17(24)19(12-15)27-3/h6-13,24H,4-5,14H2,1-3H3,(H,23,25)/b11-7+. The molecule has 1 amide bonds. The van der Waals surface area contributed by atoms with Gasteiger partial charge in [0.1, 0.15) is 0 Å². The Labute approximate surface area is 175 Å². The highest BCUT2D eigenvalue weighted by Crippen LogP contribution is 2.30. The summed E-state index contributed by atoms with van der Waals surface area (Å²) in [4.78, 5) is 23.9. The summed E-state index contributed by atoms with van der Waals surface area (Å²) >= 11 is 0. The molecule has 0 bridgehead atoms. The highest BCUT2D eigenvalue weighted by molar-refractivity contribution is 5.94. The quantitative estimate of drug-likeness (QED) is 0.453. The van der Waals surface area contributed by atoms with Crippen LogP contribution in [0, 0.1) is 0 Å². The van der Waals surface area contributed by atoms with E-state index in [0.29, 0.717) is 36.0 Å². The van der Waals surface area contributed by atoms with Gasteiger partial charge in [0.25, 0.3) is 5.91 Å². The number of hydrogen-bond acceptors (Lipinski definition) is 7. The van der Waals surface area contributed by atoms with Crippen molar-refractivity contribution in [1.29, 1.82) is 0 Å². The van der Waals surface area contributed by atoms with Crippen LogP contribution >= 0.6 is 0 Å². The number of nitrogens with one attached hydrogen (secondary N) is 1. The van der Waals surface area contributed by atoms with Crippen LogP contribution < -0.4 is 19.5 Å². The predicted octanol–water partition coefficient (Wildman–Crippen LogP) is 3.39. The Balaban J connectivity index is 1.89. The van der Waals surface area contributed by atoms with Gasteiger partial charge in [0, 0.05) is 17.8 Å². The Morgan fingerprint density at radius 1 is 1.00 bits per heavy atom. The van der Waals surface area contributed by atoms with Gasteiger partial charge in [0.2, 0.25) is 0 Å². The second kappa shape index (κ2) is 11.4. The molecule has 0 heterocycles. The van der Waals surface area contributed by atoms with E-state index in [-0.39, 0.29) is 11.5 Å². The minimum Gasteiger partial charge on any atom is -0.504 e. The minimum absolute atomic E-state index is 0.00400. The van der Waals surface area contributed by atoms with Crippen LogP contribution in [0.15, 0.2) is 42.5 Å². The molecule has 30 heavy (non-hydrogen) atoms. The number of anilines is 1. The molecule has 0 aliphatic carbocycles. The van der Waals surface area contributed by atoms with Crippen LogP contribution in [-0.2, 0) is 14.3 Å². The van der Waals surface area contributed by atoms with Crippen molar-refractivity contribution >= 4 is 23.6 Å². The molecule has 2 rings (SSSR count). The van der Waals surface area contributed by atoms with Crippen LogP contribution in [0.3, 0.4) is 0 Å². The van der Waals surface area contributed by atoms with Crippen molar-refractivity contribution in [3.63, 3.8) is 0 Å². The van der Waals surface area contributed by atoms with Crippen LogP contribution in [0.1, 0.15) is 19.4 Å². The number of carbonyl (C=O) groups excluding carboxylic acids is 2. The molecular formula is C22H25NO7. The fraction of sp³-hybridized carbons (Fsp3) is 0.273. The first kappa shape index (κ1) is 22.6. The lowest BCUT2D eigenvalue weighted by Gasteiger charge is -2.13. The van der Waals surface area contributed by atoms with Crippen molar-refractivity contribution in [2.45, 2.75) is 13.8 Å². The molecule has 0 atom stereocenters. The highest BCUT2D eigenvalue weighted by atomic mass is 16.5. The Hall–Kier alpha value is -3.68. The number of ether oxygens (including phenoxy) is 4. The number of amides is 1. The normalized spacial score (nSPS) is 10.5. The second-order valence-corrected chi connectivity index (χ2v) is 5.95. The Kier molecular flexibility index (Phi) is 8.56. The highest BCUT2D eigenvalue weighted by Gasteiger charge is 2.10. The third-order valence-corrected chi connectivity index (χ3v) is 3.79. The third kappa shape index (κ3) is 6.73. The largest absolute Gasteiger partial charge is 0.504 e. The van der Waals surface area contributed by atoms with Crippen molar-refractivity contribution in [2.24, 2.45) is 0 Å². The van der Waals surface area contributed by atoms with Crippen molar-refractivity contribution in [3.8, 4) is 23.0 Å². The van der Waals surface area contributed by atoms with Crippen LogP contribution in [0.4, 0.5) is 5.69 Å². The summed E-state index contributed by atoms with van der Waals surface area (Å²) in [6.07, 6.45) is 2.67. The molecule has 0 aliphatic rings. The molecule has 0 fully saturated rings. The van der Waals surface area contributed by atoms with Crippen molar-refractivity contribution < 1.29 is 33.6 Å². The fourth-order valence-electron chi connectivity index (χ4n) is 2.47. The van der Waals surface area contributed by atoms with Crippen molar-refractivity contribution in [3.05, 3.63) is 48.0 Å². The number of aromatic hydroxyl groups is 1. The third-order valence-electron chi connectivity index (χ3n) is 3.79. The maximum Gasteiger partial charge on any atom is 0.331 e. The number of hydrogen-bond donors (Lipinski definition) is 2. The zero-order chi connectivity index (χ0) is 21.9. The van der Waals surface area contributed by atoms with Gasteiger partial charge in [-0.25, -0.2) is 4.79 Å². The first-order valence-corrected chi connectivity index (χ1v) is 9.38. The number of phenolic OH excluding ortho intramolecular Hbond substituents is 1. The molecule has 2 N–H and O–H groups in total. The van der Waals surface area contributed by atoms with E-state index in [1.165, 1.54) is 25.3 Å². The lowest BCUT2D eigenvalue weighted by molar-refractivity contribution is -0.142. The summed E-state index contributed by atoms with van der Waals surface area (Å²) in [6, 6.07) is 9.64. The number of carbonyl (C=O) groups is 2. The zero-order valence-electron chi connectivity index (χ0n) is 17.1. The van der Waals surface area contributed by atoms with Gasteiger partial charge in [-0.05, 0) is 49.8 Å². The topological polar surface area (TPSA) is 103 Å². The van der Waals surface area contributed by atoms with E-state index >= 15 is 0 Å². The molecule has 2 aromatic rings. The zero-order valence-corrected chi connectivity index (χ0v) is 17.1. The lowest BCUT2D eigenvalue weighted by Crippen LogP contribution is -2.20. The van der Waals surface area contributed by atoms with Gasteiger partial charge < -0.3 is 29.4 Å². The van der Waals surface area contributed by atoms with Crippen molar-refractivity contribution in [2.75, 3.05) is 32.2 Å². The Bertz CT molecular complexity index is 908. The average Bonchev–Trinajstić information content (AvgIpc) is 2.73. The smallest absolute Gasteiger partial charge is 0.331 e. The number of rotatable bonds is 10. The predicted molar refractivity (Wildman–Crippen MR) is 112 cm³/mol. The van der Waals surface area contributed by atoms with Crippen LogP contribution in [0.5, 0.6) is 23.0 Å². The first-order chi connectivity index (χ1) is 14.5. The molecule has 160 valence electrons. The molecular weight excluding hydrogens is 390 g/mol. The van der Waals surface area contributed by atoms with E-state index < -0.39 is 18.5 Å². The lowest BCUT2D eigenvalue weighted by atomic mass is 10.2. The summed E-state index contributed by atoms with van der Waals surface area (Å²) < 4.78 is 20.9. The van der Waals surface area contributed by atoms with Crippen LogP contribution in [0.25, 0.3) is 6.08 Å². The number of esters is 1. The molecule has 0 unspecified atom stereocenters. The van der Waals surface area contributed by atoms with Crippen LogP contribution in [0.2, 0.25) is 0 Å². The van der Waals surface area contributed by atoms with Gasteiger partial charge in [0.15, 0.2) is 29.6 Å². The van der Waals surface area contributed by atoms with Gasteiger partial charge in [-0.2, -0.15) is 0 Å². The number of methoxy groups -OCH3 is 1. The molecule has 0 aromatic heterocycles. The molecule has 0 aliphatic heterocycles. The first-order valence-electron chi connectivity index (χ1n) is 9.38. The molecule has 8 nitrogen and oxygen atoms in total. The summed E-state index contributed by atoms with van der Waals surface area (Å²) in [6.45, 7) is 4.22. The van der Waals surface area contributed by atoms with Gasteiger partial charge in [-0.3, -0.25) is 4.79 Å². The van der Waals surface area contributed by atoms with Crippen molar-refractivity contribution in [1.82, 2.24) is 0 Å². The summed E-state index contributed by atoms with van der Waals surface area (Å²) in [5, 5.41) is 12.2. The summed E-state index contributed by atoms with van der Waals surface area (Å²) in [5.74, 6) is 0.206. The molecule has 8 heteroatoms. The maximum atomic E-state index is 12.1. The van der Waals surface area contributed by atoms with Gasteiger partial charge in [0.05, 0.1) is 20.3 Å². The fourth-order valence-corrected chi connectivity index (χ4v) is 2.47. The summed E-state index contributed by atoms with van der Waals surface area (Å²) in [5.41, 5.74) is 1.12. The van der Waals surface area contributed by atoms with Gasteiger partial charge >= 0.3 is 5.97 Å². The monoisotopic (exact) mass is 415 g/mol. The Morgan fingerprint density at radius 2 is 1.73 bits per heavy atom. The SMILES string of the molecule is CCOc1ccc(NC(=O)COC(=O)/C=C/c2ccc(O)c(OC)c2)cc1OCC. The van der Waals surface area contributed by atoms with Gasteiger partial charge in [-0.1, -0.05) is 6.07 Å². The van der Waals surface area contributed by atoms with E-state index in [9.17, 15) is 14.7 Å². The molecule has 0 saturated heterocycles. The van der Waals surface area contributed by atoms with Crippen LogP contribution in [-0.4, -0.2) is 43.9 Å². The minimum atomic E-state index is -0.682. The molecule has 0 spiro atoms. The summed E-state index contributed by atoms with van der Waals surface area (Å²) in [7, 11) is 1.43. The number of phenols is 1. The molecule has 2 aromatic carbocycles. The van der Waals surface area contributed by atoms with Gasteiger partial charge in [-0.15, -0.1) is 0 Å². The van der Waals surface area contributed by atoms with E-state index in [2.05, 4.69) is 5.32 Å². The van der Waals surface area contributed by atoms with E-state index in [1.54, 1.807) is 30.3 Å². The Morgan fingerprint density at radius 3 is 2.43 bits per heavy atom. The van der Waals surface area contributed by atoms with E-state index in [1.807, 2.05) is 13.8 Å². The van der Waals surface area contributed by atoms with E-state index in [0.717, 1.165) is 0 Å². The molecule has 0 radical (unpaired) electrons.